The number of benzene rings is 1. The molecule has 0 spiro atoms. The second-order valence-corrected chi connectivity index (χ2v) is 10.2. The number of furan rings is 1. The van der Waals surface area contributed by atoms with E-state index in [1.54, 1.807) is 16.9 Å². The van der Waals surface area contributed by atoms with Crippen molar-refractivity contribution in [3.63, 3.8) is 0 Å². The van der Waals surface area contributed by atoms with Crippen molar-refractivity contribution in [1.82, 2.24) is 9.55 Å². The lowest BCUT2D eigenvalue weighted by molar-refractivity contribution is -0.117. The minimum absolute atomic E-state index is 0.0271. The van der Waals surface area contributed by atoms with E-state index in [2.05, 4.69) is 13.0 Å². The summed E-state index contributed by atoms with van der Waals surface area (Å²) in [6.45, 7) is 4.91. The third-order valence-electron chi connectivity index (χ3n) is 5.69. The van der Waals surface area contributed by atoms with Crippen LogP contribution in [-0.2, 0) is 24.2 Å². The number of hydrogen-bond acceptors (Lipinski definition) is 6. The molecule has 0 N–H and O–H groups in total. The number of aromatic nitrogens is 2. The molecule has 3 aromatic heterocycles. The third-order valence-corrected chi connectivity index (χ3v) is 7.94. The van der Waals surface area contributed by atoms with Gasteiger partial charge in [-0.3, -0.25) is 14.2 Å². The number of fused-ring (bicyclic) bond motifs is 2. The van der Waals surface area contributed by atoms with E-state index in [9.17, 15) is 9.59 Å². The second-order valence-electron chi connectivity index (χ2n) is 7.78. The first-order chi connectivity index (χ1) is 15.5. The Morgan fingerprint density at radius 1 is 1.28 bits per heavy atom. The first kappa shape index (κ1) is 21.0. The lowest BCUT2D eigenvalue weighted by Crippen LogP contribution is -2.35. The number of nitrogens with zero attached hydrogens (tertiary/aromatic N) is 3. The zero-order valence-corrected chi connectivity index (χ0v) is 19.5. The minimum Gasteiger partial charge on any atom is -0.467 e. The summed E-state index contributed by atoms with van der Waals surface area (Å²) in [5, 5.41) is 0.769. The fourth-order valence-electron chi connectivity index (χ4n) is 4.00. The van der Waals surface area contributed by atoms with Crippen LogP contribution >= 0.6 is 23.1 Å². The van der Waals surface area contributed by atoms with E-state index in [1.165, 1.54) is 28.7 Å². The van der Waals surface area contributed by atoms with Crippen LogP contribution in [0, 0.1) is 0 Å². The molecule has 0 saturated heterocycles. The van der Waals surface area contributed by atoms with E-state index in [0.29, 0.717) is 22.8 Å². The largest absolute Gasteiger partial charge is 0.467 e. The molecule has 6 nitrogen and oxygen atoms in total. The molecule has 32 heavy (non-hydrogen) atoms. The van der Waals surface area contributed by atoms with E-state index in [4.69, 9.17) is 9.40 Å². The monoisotopic (exact) mass is 465 g/mol. The number of rotatable bonds is 6. The molecule has 1 amide bonds. The van der Waals surface area contributed by atoms with Crippen LogP contribution in [0.25, 0.3) is 10.2 Å². The van der Waals surface area contributed by atoms with Crippen LogP contribution in [0.5, 0.6) is 0 Å². The molecule has 1 atom stereocenters. The normalized spacial score (nSPS) is 14.1. The molecular formula is C24H23N3O3S2. The van der Waals surface area contributed by atoms with Crippen LogP contribution in [0.15, 0.2) is 63.1 Å². The van der Waals surface area contributed by atoms with Gasteiger partial charge in [0.25, 0.3) is 5.56 Å². The van der Waals surface area contributed by atoms with Gasteiger partial charge >= 0.3 is 0 Å². The lowest BCUT2D eigenvalue weighted by Gasteiger charge is -2.22. The van der Waals surface area contributed by atoms with Crippen LogP contribution in [0.1, 0.15) is 30.0 Å². The number of thioether (sulfide) groups is 1. The number of carbonyl (C=O) groups excluding carboxylic acids is 1. The Morgan fingerprint density at radius 2 is 2.12 bits per heavy atom. The topological polar surface area (TPSA) is 68.3 Å². The van der Waals surface area contributed by atoms with Gasteiger partial charge in [-0.05, 0) is 49.6 Å². The first-order valence-electron chi connectivity index (χ1n) is 10.7. The number of amides is 1. The molecular weight excluding hydrogens is 442 g/mol. The maximum atomic E-state index is 13.4. The average Bonchev–Trinajstić information content (AvgIpc) is 3.55. The third kappa shape index (κ3) is 3.78. The predicted molar refractivity (Wildman–Crippen MR) is 129 cm³/mol. The number of thiophene rings is 1. The molecule has 0 radical (unpaired) electrons. The highest BCUT2D eigenvalue weighted by Gasteiger charge is 2.29. The van der Waals surface area contributed by atoms with Gasteiger partial charge in [0.2, 0.25) is 5.91 Å². The maximum absolute atomic E-state index is 13.4. The van der Waals surface area contributed by atoms with E-state index in [-0.39, 0.29) is 23.3 Å². The average molecular weight is 466 g/mol. The molecule has 0 unspecified atom stereocenters. The highest BCUT2D eigenvalue weighted by molar-refractivity contribution is 8.00. The maximum Gasteiger partial charge on any atom is 0.263 e. The number of carbonyl (C=O) groups is 1. The lowest BCUT2D eigenvalue weighted by atomic mass is 10.2. The van der Waals surface area contributed by atoms with Gasteiger partial charge in [-0.1, -0.05) is 36.9 Å². The van der Waals surface area contributed by atoms with E-state index in [0.717, 1.165) is 28.2 Å². The number of anilines is 1. The molecule has 5 rings (SSSR count). The van der Waals surface area contributed by atoms with Crippen LogP contribution in [0.3, 0.4) is 0 Å². The molecule has 0 bridgehead atoms. The van der Waals surface area contributed by atoms with Gasteiger partial charge in [-0.25, -0.2) is 4.98 Å². The van der Waals surface area contributed by atoms with Crippen molar-refractivity contribution in [3.05, 3.63) is 75.3 Å². The molecule has 8 heteroatoms. The SMILES string of the molecule is CCc1cc2c(=O)n(Cc3ccco3)c(S[C@@H](C)C(=O)N3CCc4ccccc43)nc2s1. The van der Waals surface area contributed by atoms with Crippen molar-refractivity contribution >= 4 is 44.9 Å². The van der Waals surface area contributed by atoms with Crippen LogP contribution in [0.2, 0.25) is 0 Å². The Kier molecular flexibility index (Phi) is 5.65. The molecule has 0 fully saturated rings. The number of aryl methyl sites for hydroxylation is 1. The summed E-state index contributed by atoms with van der Waals surface area (Å²) in [6.07, 6.45) is 3.31. The minimum atomic E-state index is -0.390. The molecule has 1 aliphatic rings. The van der Waals surface area contributed by atoms with Gasteiger partial charge in [0, 0.05) is 17.1 Å². The Bertz CT molecular complexity index is 1340. The summed E-state index contributed by atoms with van der Waals surface area (Å²) in [6, 6.07) is 13.6. The van der Waals surface area contributed by atoms with E-state index in [1.807, 2.05) is 42.2 Å². The van der Waals surface area contributed by atoms with Crippen LogP contribution < -0.4 is 10.5 Å². The van der Waals surface area contributed by atoms with Gasteiger partial charge in [0.1, 0.15) is 10.6 Å². The smallest absolute Gasteiger partial charge is 0.263 e. The van der Waals surface area contributed by atoms with Crippen molar-refractivity contribution in [2.24, 2.45) is 0 Å². The Morgan fingerprint density at radius 3 is 2.91 bits per heavy atom. The summed E-state index contributed by atoms with van der Waals surface area (Å²) in [5.74, 6) is 0.702. The fourth-order valence-corrected chi connectivity index (χ4v) is 5.98. The molecule has 164 valence electrons. The summed E-state index contributed by atoms with van der Waals surface area (Å²) >= 11 is 2.87. The summed E-state index contributed by atoms with van der Waals surface area (Å²) in [5.41, 5.74) is 2.07. The fraction of sp³-hybridized carbons (Fsp3) is 0.292. The number of hydrogen-bond donors (Lipinski definition) is 0. The quantitative estimate of drug-likeness (QED) is 0.304. The standard InChI is InChI=1S/C24H23N3O3S2/c1-3-18-13-19-21(32-18)25-24(27(23(19)29)14-17-8-6-12-30-17)31-15(2)22(28)26-11-10-16-7-4-5-9-20(16)26/h4-9,12-13,15H,3,10-11,14H2,1-2H3/t15-/m0/s1. The summed E-state index contributed by atoms with van der Waals surface area (Å²) < 4.78 is 7.11. The zero-order chi connectivity index (χ0) is 22.2. The van der Waals surface area contributed by atoms with E-state index < -0.39 is 0 Å². The van der Waals surface area contributed by atoms with Crippen LogP contribution in [-0.4, -0.2) is 27.3 Å². The van der Waals surface area contributed by atoms with Gasteiger partial charge in [-0.15, -0.1) is 11.3 Å². The summed E-state index contributed by atoms with van der Waals surface area (Å²) in [4.78, 5) is 35.2. The Labute approximate surface area is 193 Å². The van der Waals surface area contributed by atoms with Gasteiger partial charge < -0.3 is 9.32 Å². The van der Waals surface area contributed by atoms with Crippen molar-refractivity contribution < 1.29 is 9.21 Å². The first-order valence-corrected chi connectivity index (χ1v) is 12.4. The van der Waals surface area contributed by atoms with Gasteiger partial charge in [0.15, 0.2) is 5.16 Å². The highest BCUT2D eigenvalue weighted by Crippen LogP contribution is 2.32. The molecule has 0 saturated carbocycles. The molecule has 1 aliphatic heterocycles. The molecule has 0 aliphatic carbocycles. The predicted octanol–water partition coefficient (Wildman–Crippen LogP) is 4.73. The van der Waals surface area contributed by atoms with Crippen molar-refractivity contribution in [3.8, 4) is 0 Å². The van der Waals surface area contributed by atoms with Crippen molar-refractivity contribution in [2.45, 2.75) is 43.6 Å². The van der Waals surface area contributed by atoms with Crippen molar-refractivity contribution in [2.75, 3.05) is 11.4 Å². The number of para-hydroxylation sites is 1. The Balaban J connectivity index is 1.49. The Hall–Kier alpha value is -2.84. The molecule has 1 aromatic carbocycles. The highest BCUT2D eigenvalue weighted by atomic mass is 32.2. The van der Waals surface area contributed by atoms with Crippen LogP contribution in [0.4, 0.5) is 5.69 Å². The molecule has 4 aromatic rings. The van der Waals surface area contributed by atoms with Gasteiger partial charge in [-0.2, -0.15) is 0 Å². The van der Waals surface area contributed by atoms with E-state index >= 15 is 0 Å². The second kappa shape index (κ2) is 8.60. The van der Waals surface area contributed by atoms with Gasteiger partial charge in [0.05, 0.1) is 23.4 Å². The molecule has 4 heterocycles. The summed E-state index contributed by atoms with van der Waals surface area (Å²) in [7, 11) is 0. The zero-order valence-electron chi connectivity index (χ0n) is 17.9. The van der Waals surface area contributed by atoms with Crippen molar-refractivity contribution in [1.29, 1.82) is 0 Å².